The molecule has 1 fully saturated rings. The quantitative estimate of drug-likeness (QED) is 0.305. The number of hydrogen-bond donors (Lipinski definition) is 1. The topological polar surface area (TPSA) is 84.8 Å². The van der Waals surface area contributed by atoms with E-state index in [1.54, 1.807) is 6.20 Å². The molecular weight excluding hydrogens is 482 g/mol. The molecule has 1 unspecified atom stereocenters. The Morgan fingerprint density at radius 3 is 2.91 bits per heavy atom. The van der Waals surface area contributed by atoms with Crippen LogP contribution in [0.1, 0.15) is 12.2 Å². The van der Waals surface area contributed by atoms with Crippen LogP contribution in [0.5, 0.6) is 11.5 Å². The third-order valence-corrected chi connectivity index (χ3v) is 7.78. The van der Waals surface area contributed by atoms with Gasteiger partial charge < -0.3 is 9.72 Å². The normalized spacial score (nSPS) is 16.8. The Kier molecular flexibility index (Phi) is 5.83. The fraction of sp³-hybridized carbons (Fsp3) is 0.280. The van der Waals surface area contributed by atoms with Crippen LogP contribution in [0.2, 0.25) is 5.02 Å². The molecule has 1 aliphatic rings. The summed E-state index contributed by atoms with van der Waals surface area (Å²) in [5.41, 5.74) is 4.76. The average molecular weight is 506 g/mol. The third-order valence-electron chi connectivity index (χ3n) is 6.17. The van der Waals surface area contributed by atoms with Gasteiger partial charge in [-0.25, -0.2) is 9.97 Å². The standard InChI is InChI=1S/C25H24ClN7OS/c1-15-29-19-4-3-18(9-21(19)30-15)34-23-6-5-20-25(24(23)26)31-22(11-27-20)17-10-28-33(13-17)12-16-7-8-32(2)35-14-16/h3-6,9-11,13,16H,7-8,12,14H2,1-2H3,(H,29,30). The SMILES string of the molecule is Cc1nc2ccc(Oc3ccc4ncc(-c5cnn(CC6CCN(C)SC6)c5)nc4c3Cl)cc2[nH]1. The van der Waals surface area contributed by atoms with E-state index in [0.29, 0.717) is 33.5 Å². The molecule has 5 aromatic rings. The van der Waals surface area contributed by atoms with Crippen molar-refractivity contribution in [1.82, 2.24) is 34.0 Å². The summed E-state index contributed by atoms with van der Waals surface area (Å²) in [4.78, 5) is 17.1. The van der Waals surface area contributed by atoms with Crippen LogP contribution in [0, 0.1) is 12.8 Å². The van der Waals surface area contributed by atoms with E-state index < -0.39 is 0 Å². The summed E-state index contributed by atoms with van der Waals surface area (Å²) in [6, 6.07) is 9.40. The second kappa shape index (κ2) is 9.14. The number of rotatable bonds is 5. The molecule has 2 aromatic carbocycles. The number of hydrogen-bond acceptors (Lipinski definition) is 7. The van der Waals surface area contributed by atoms with Crippen molar-refractivity contribution >= 4 is 45.6 Å². The molecule has 1 N–H and O–H groups in total. The van der Waals surface area contributed by atoms with Crippen molar-refractivity contribution in [2.75, 3.05) is 19.3 Å². The van der Waals surface area contributed by atoms with E-state index in [-0.39, 0.29) is 0 Å². The van der Waals surface area contributed by atoms with Gasteiger partial charge in [0.2, 0.25) is 0 Å². The van der Waals surface area contributed by atoms with Gasteiger partial charge in [0.15, 0.2) is 0 Å². The summed E-state index contributed by atoms with van der Waals surface area (Å²) < 4.78 is 10.4. The van der Waals surface area contributed by atoms with Crippen LogP contribution in [-0.2, 0) is 6.54 Å². The lowest BCUT2D eigenvalue weighted by molar-refractivity contribution is 0.372. The summed E-state index contributed by atoms with van der Waals surface area (Å²) in [7, 11) is 2.14. The first kappa shape index (κ1) is 22.3. The highest BCUT2D eigenvalue weighted by atomic mass is 35.5. The summed E-state index contributed by atoms with van der Waals surface area (Å²) >= 11 is 8.64. The maximum absolute atomic E-state index is 6.74. The van der Waals surface area contributed by atoms with Gasteiger partial charge in [-0.15, -0.1) is 0 Å². The fourth-order valence-corrected chi connectivity index (χ4v) is 5.51. The second-order valence-corrected chi connectivity index (χ2v) is 10.4. The zero-order chi connectivity index (χ0) is 23.9. The zero-order valence-corrected chi connectivity index (χ0v) is 21.0. The first-order valence-corrected chi connectivity index (χ1v) is 12.8. The van der Waals surface area contributed by atoms with Gasteiger partial charge >= 0.3 is 0 Å². The van der Waals surface area contributed by atoms with Crippen molar-refractivity contribution < 1.29 is 4.74 Å². The van der Waals surface area contributed by atoms with Crippen LogP contribution >= 0.6 is 23.5 Å². The largest absolute Gasteiger partial charge is 0.456 e. The highest BCUT2D eigenvalue weighted by Gasteiger charge is 2.19. The van der Waals surface area contributed by atoms with Crippen molar-refractivity contribution in [3.8, 4) is 22.8 Å². The number of fused-ring (bicyclic) bond motifs is 2. The fourth-order valence-electron chi connectivity index (χ4n) is 4.30. The molecule has 1 saturated heterocycles. The lowest BCUT2D eigenvalue weighted by atomic mass is 10.1. The molecule has 4 heterocycles. The monoisotopic (exact) mass is 505 g/mol. The molecule has 0 amide bonds. The minimum atomic E-state index is 0.425. The smallest absolute Gasteiger partial charge is 0.148 e. The predicted octanol–water partition coefficient (Wildman–Crippen LogP) is 5.72. The number of imidazole rings is 1. The molecule has 6 rings (SSSR count). The van der Waals surface area contributed by atoms with Gasteiger partial charge in [-0.2, -0.15) is 5.10 Å². The molecule has 35 heavy (non-hydrogen) atoms. The van der Waals surface area contributed by atoms with E-state index in [4.69, 9.17) is 21.3 Å². The molecule has 10 heteroatoms. The Bertz CT molecular complexity index is 1520. The molecule has 0 saturated carbocycles. The number of nitrogens with zero attached hydrogens (tertiary/aromatic N) is 6. The molecule has 3 aromatic heterocycles. The van der Waals surface area contributed by atoms with Crippen LogP contribution in [0.3, 0.4) is 0 Å². The van der Waals surface area contributed by atoms with Gasteiger partial charge in [-0.1, -0.05) is 23.5 Å². The maximum Gasteiger partial charge on any atom is 0.148 e. The van der Waals surface area contributed by atoms with Gasteiger partial charge in [0.1, 0.15) is 27.9 Å². The third kappa shape index (κ3) is 4.59. The molecule has 1 atom stereocenters. The Balaban J connectivity index is 1.25. The van der Waals surface area contributed by atoms with E-state index in [1.165, 1.54) is 6.42 Å². The number of ether oxygens (including phenoxy) is 1. The average Bonchev–Trinajstić information content (AvgIpc) is 3.47. The van der Waals surface area contributed by atoms with E-state index in [9.17, 15) is 0 Å². The van der Waals surface area contributed by atoms with Crippen molar-refractivity contribution in [2.24, 2.45) is 5.92 Å². The number of benzene rings is 2. The van der Waals surface area contributed by atoms with Crippen LogP contribution in [0.15, 0.2) is 48.9 Å². The molecule has 1 aliphatic heterocycles. The minimum Gasteiger partial charge on any atom is -0.456 e. The van der Waals surface area contributed by atoms with Gasteiger partial charge in [-0.3, -0.25) is 14.0 Å². The lowest BCUT2D eigenvalue weighted by Crippen LogP contribution is -2.26. The summed E-state index contributed by atoms with van der Waals surface area (Å²) in [5.74, 6) is 3.78. The highest BCUT2D eigenvalue weighted by Crippen LogP contribution is 2.35. The van der Waals surface area contributed by atoms with Crippen LogP contribution in [0.4, 0.5) is 0 Å². The first-order chi connectivity index (χ1) is 17.0. The molecule has 0 bridgehead atoms. The zero-order valence-electron chi connectivity index (χ0n) is 19.4. The van der Waals surface area contributed by atoms with Crippen molar-refractivity contribution in [3.63, 3.8) is 0 Å². The van der Waals surface area contributed by atoms with Crippen molar-refractivity contribution in [1.29, 1.82) is 0 Å². The second-order valence-electron chi connectivity index (χ2n) is 8.86. The van der Waals surface area contributed by atoms with E-state index in [2.05, 4.69) is 31.4 Å². The minimum absolute atomic E-state index is 0.425. The Hall–Kier alpha value is -3.14. The number of aromatic nitrogens is 6. The van der Waals surface area contributed by atoms with Crippen LogP contribution < -0.4 is 4.74 Å². The van der Waals surface area contributed by atoms with Gasteiger partial charge in [0.25, 0.3) is 0 Å². The Morgan fingerprint density at radius 1 is 1.17 bits per heavy atom. The van der Waals surface area contributed by atoms with Crippen molar-refractivity contribution in [3.05, 3.63) is 59.8 Å². The molecule has 0 radical (unpaired) electrons. The molecule has 0 aliphatic carbocycles. The summed E-state index contributed by atoms with van der Waals surface area (Å²) in [6.07, 6.45) is 6.82. The van der Waals surface area contributed by atoms with E-state index >= 15 is 0 Å². The Labute approximate surface area is 211 Å². The van der Waals surface area contributed by atoms with Crippen molar-refractivity contribution in [2.45, 2.75) is 19.9 Å². The molecule has 8 nitrogen and oxygen atoms in total. The van der Waals surface area contributed by atoms with Crippen LogP contribution in [0.25, 0.3) is 33.3 Å². The predicted molar refractivity (Wildman–Crippen MR) is 140 cm³/mol. The first-order valence-electron chi connectivity index (χ1n) is 11.5. The summed E-state index contributed by atoms with van der Waals surface area (Å²) in [6.45, 7) is 3.94. The Morgan fingerprint density at radius 2 is 2.06 bits per heavy atom. The number of aryl methyl sites for hydroxylation is 1. The van der Waals surface area contributed by atoms with Gasteiger partial charge in [-0.05, 0) is 50.6 Å². The van der Waals surface area contributed by atoms with Gasteiger partial charge in [0.05, 0.1) is 34.6 Å². The molecule has 0 spiro atoms. The van der Waals surface area contributed by atoms with E-state index in [0.717, 1.165) is 47.0 Å². The lowest BCUT2D eigenvalue weighted by Gasteiger charge is -2.27. The number of H-pyrrole nitrogens is 1. The van der Waals surface area contributed by atoms with Gasteiger partial charge in [0, 0.05) is 36.7 Å². The number of nitrogens with one attached hydrogen (secondary N) is 1. The maximum atomic E-state index is 6.74. The number of halogens is 1. The molecule has 178 valence electrons. The highest BCUT2D eigenvalue weighted by molar-refractivity contribution is 7.97. The van der Waals surface area contributed by atoms with Crippen LogP contribution in [-0.4, -0.2) is 53.4 Å². The van der Waals surface area contributed by atoms with E-state index in [1.807, 2.05) is 66.3 Å². The molecular formula is C25H24ClN7OS. The summed E-state index contributed by atoms with van der Waals surface area (Å²) in [5, 5.41) is 4.99. The number of aromatic amines is 1.